The fourth-order valence-corrected chi connectivity index (χ4v) is 3.58. The molecular formula is C23H22ClFN4O. The van der Waals surface area contributed by atoms with Gasteiger partial charge in [-0.25, -0.2) is 9.37 Å². The van der Waals surface area contributed by atoms with Crippen molar-refractivity contribution >= 4 is 29.0 Å². The van der Waals surface area contributed by atoms with Crippen molar-refractivity contribution in [3.05, 3.63) is 88.8 Å². The molecule has 2 aromatic carbocycles. The second kappa shape index (κ2) is 9.13. The molecule has 0 atom stereocenters. The van der Waals surface area contributed by atoms with E-state index in [0.717, 1.165) is 11.3 Å². The van der Waals surface area contributed by atoms with Gasteiger partial charge in [-0.1, -0.05) is 35.9 Å². The van der Waals surface area contributed by atoms with Crippen molar-refractivity contribution in [2.24, 2.45) is 0 Å². The van der Waals surface area contributed by atoms with Gasteiger partial charge in [0.2, 0.25) is 0 Å². The van der Waals surface area contributed by atoms with Gasteiger partial charge in [-0.05, 0) is 48.0 Å². The summed E-state index contributed by atoms with van der Waals surface area (Å²) in [7, 11) is 0. The third kappa shape index (κ3) is 4.89. The fraction of sp³-hybridized carbons (Fsp3) is 0.217. The summed E-state index contributed by atoms with van der Waals surface area (Å²) >= 11 is 5.91. The Kier molecular flexibility index (Phi) is 6.14. The van der Waals surface area contributed by atoms with Gasteiger partial charge in [-0.2, -0.15) is 0 Å². The maximum Gasteiger partial charge on any atom is 0.272 e. The Morgan fingerprint density at radius 3 is 2.47 bits per heavy atom. The Balaban J connectivity index is 1.35. The van der Waals surface area contributed by atoms with Crippen molar-refractivity contribution in [3.63, 3.8) is 0 Å². The number of piperazine rings is 1. The van der Waals surface area contributed by atoms with Crippen LogP contribution in [0.3, 0.4) is 0 Å². The molecule has 1 aliphatic rings. The molecule has 1 aromatic heterocycles. The summed E-state index contributed by atoms with van der Waals surface area (Å²) in [5, 5.41) is 3.94. The van der Waals surface area contributed by atoms with Crippen molar-refractivity contribution < 1.29 is 9.18 Å². The lowest BCUT2D eigenvalue weighted by atomic mass is 10.2. The molecule has 0 aliphatic carbocycles. The lowest BCUT2D eigenvalue weighted by Gasteiger charge is -2.36. The molecule has 0 spiro atoms. The standard InChI is InChI=1S/C23H22ClFN4O/c24-18-9-7-17(8-10-18)16-26-22-6-2-5-21(27-22)23(30)29-13-11-28(12-14-29)20-4-1-3-19(25)15-20/h1-10,15H,11-14,16H2,(H,26,27). The zero-order valence-electron chi connectivity index (χ0n) is 16.4. The number of aromatic nitrogens is 1. The van der Waals surface area contributed by atoms with Gasteiger partial charge in [0.05, 0.1) is 0 Å². The minimum atomic E-state index is -0.252. The number of carbonyl (C=O) groups excluding carboxylic acids is 1. The number of hydrogen-bond donors (Lipinski definition) is 1. The molecule has 1 amide bonds. The number of amides is 1. The van der Waals surface area contributed by atoms with Crippen molar-refractivity contribution in [1.82, 2.24) is 9.88 Å². The molecule has 3 aromatic rings. The van der Waals surface area contributed by atoms with Crippen LogP contribution in [0.5, 0.6) is 0 Å². The van der Waals surface area contributed by atoms with Crippen molar-refractivity contribution in [3.8, 4) is 0 Å². The van der Waals surface area contributed by atoms with Crippen molar-refractivity contribution in [1.29, 1.82) is 0 Å². The maximum absolute atomic E-state index is 13.5. The van der Waals surface area contributed by atoms with E-state index >= 15 is 0 Å². The second-order valence-electron chi connectivity index (χ2n) is 7.15. The zero-order valence-corrected chi connectivity index (χ0v) is 17.1. The van der Waals surface area contributed by atoms with Gasteiger partial charge in [-0.3, -0.25) is 4.79 Å². The molecule has 1 aliphatic heterocycles. The monoisotopic (exact) mass is 424 g/mol. The number of pyridine rings is 1. The van der Waals surface area contributed by atoms with Crippen LogP contribution in [0.4, 0.5) is 15.9 Å². The highest BCUT2D eigenvalue weighted by Gasteiger charge is 2.23. The molecule has 1 N–H and O–H groups in total. The number of nitrogens with zero attached hydrogens (tertiary/aromatic N) is 3. The van der Waals surface area contributed by atoms with Gasteiger partial charge >= 0.3 is 0 Å². The van der Waals surface area contributed by atoms with E-state index in [4.69, 9.17) is 11.6 Å². The summed E-state index contributed by atoms with van der Waals surface area (Å²) < 4.78 is 13.5. The van der Waals surface area contributed by atoms with Crippen LogP contribution < -0.4 is 10.2 Å². The van der Waals surface area contributed by atoms with Crippen LogP contribution in [0.2, 0.25) is 5.02 Å². The van der Waals surface area contributed by atoms with E-state index in [-0.39, 0.29) is 11.7 Å². The maximum atomic E-state index is 13.5. The molecule has 7 heteroatoms. The first-order valence-corrected chi connectivity index (χ1v) is 10.2. The molecule has 5 nitrogen and oxygen atoms in total. The van der Waals surface area contributed by atoms with E-state index < -0.39 is 0 Å². The predicted octanol–water partition coefficient (Wildman–Crippen LogP) is 4.45. The van der Waals surface area contributed by atoms with Crippen LogP contribution >= 0.6 is 11.6 Å². The first kappa shape index (κ1) is 20.2. The Labute approximate surface area is 180 Å². The molecule has 2 heterocycles. The van der Waals surface area contributed by atoms with Gasteiger partial charge in [0.25, 0.3) is 5.91 Å². The number of hydrogen-bond acceptors (Lipinski definition) is 4. The lowest BCUT2D eigenvalue weighted by Crippen LogP contribution is -2.49. The summed E-state index contributed by atoms with van der Waals surface area (Å²) in [5.41, 5.74) is 2.33. The first-order chi connectivity index (χ1) is 14.6. The van der Waals surface area contributed by atoms with Gasteiger partial charge in [0, 0.05) is 43.4 Å². The highest BCUT2D eigenvalue weighted by Crippen LogP contribution is 2.19. The highest BCUT2D eigenvalue weighted by molar-refractivity contribution is 6.30. The SMILES string of the molecule is O=C(c1cccc(NCc2ccc(Cl)cc2)n1)N1CCN(c2cccc(F)c2)CC1. The third-order valence-corrected chi connectivity index (χ3v) is 5.35. The lowest BCUT2D eigenvalue weighted by molar-refractivity contribution is 0.0741. The third-order valence-electron chi connectivity index (χ3n) is 5.10. The number of benzene rings is 2. The van der Waals surface area contributed by atoms with E-state index in [0.29, 0.717) is 49.3 Å². The summed E-state index contributed by atoms with van der Waals surface area (Å²) in [5.74, 6) is 0.302. The van der Waals surface area contributed by atoms with Gasteiger partial charge in [-0.15, -0.1) is 0 Å². The van der Waals surface area contributed by atoms with E-state index in [2.05, 4.69) is 15.2 Å². The molecule has 30 heavy (non-hydrogen) atoms. The van der Waals surface area contributed by atoms with E-state index in [1.807, 2.05) is 42.5 Å². The summed E-state index contributed by atoms with van der Waals surface area (Å²) in [6, 6.07) is 19.5. The number of rotatable bonds is 5. The van der Waals surface area contributed by atoms with Crippen molar-refractivity contribution in [2.45, 2.75) is 6.54 Å². The largest absolute Gasteiger partial charge is 0.368 e. The Bertz CT molecular complexity index is 1020. The van der Waals surface area contributed by atoms with Gasteiger partial charge in [0.15, 0.2) is 0 Å². The van der Waals surface area contributed by atoms with Crippen LogP contribution in [-0.4, -0.2) is 42.0 Å². The highest BCUT2D eigenvalue weighted by atomic mass is 35.5. The van der Waals surface area contributed by atoms with E-state index in [1.54, 1.807) is 17.0 Å². The minimum Gasteiger partial charge on any atom is -0.368 e. The molecule has 0 unspecified atom stereocenters. The molecule has 4 rings (SSSR count). The van der Waals surface area contributed by atoms with Crippen LogP contribution in [0.1, 0.15) is 16.1 Å². The summed E-state index contributed by atoms with van der Waals surface area (Å²) in [6.45, 7) is 3.04. The Morgan fingerprint density at radius 2 is 1.73 bits per heavy atom. The Morgan fingerprint density at radius 1 is 1.00 bits per heavy atom. The first-order valence-electron chi connectivity index (χ1n) is 9.84. The number of carbonyl (C=O) groups is 1. The Hall–Kier alpha value is -3.12. The summed E-state index contributed by atoms with van der Waals surface area (Å²) in [6.07, 6.45) is 0. The van der Waals surface area contributed by atoms with Crippen LogP contribution in [0.15, 0.2) is 66.7 Å². The normalized spacial score (nSPS) is 13.9. The molecular weight excluding hydrogens is 403 g/mol. The van der Waals surface area contributed by atoms with Crippen LogP contribution in [-0.2, 0) is 6.54 Å². The summed E-state index contributed by atoms with van der Waals surface area (Å²) in [4.78, 5) is 21.3. The molecule has 0 radical (unpaired) electrons. The van der Waals surface area contributed by atoms with Gasteiger partial charge < -0.3 is 15.1 Å². The molecule has 0 saturated carbocycles. The molecule has 0 bridgehead atoms. The van der Waals surface area contributed by atoms with Crippen molar-refractivity contribution in [2.75, 3.05) is 36.4 Å². The molecule has 1 fully saturated rings. The topological polar surface area (TPSA) is 48.5 Å². The number of halogens is 2. The average Bonchev–Trinajstić information content (AvgIpc) is 2.78. The number of nitrogens with one attached hydrogen (secondary N) is 1. The predicted molar refractivity (Wildman–Crippen MR) is 118 cm³/mol. The quantitative estimate of drug-likeness (QED) is 0.657. The van der Waals surface area contributed by atoms with E-state index in [9.17, 15) is 9.18 Å². The van der Waals surface area contributed by atoms with Crippen LogP contribution in [0.25, 0.3) is 0 Å². The van der Waals surface area contributed by atoms with E-state index in [1.165, 1.54) is 12.1 Å². The molecule has 1 saturated heterocycles. The smallest absolute Gasteiger partial charge is 0.272 e. The fourth-order valence-electron chi connectivity index (χ4n) is 3.45. The van der Waals surface area contributed by atoms with Crippen LogP contribution in [0, 0.1) is 5.82 Å². The average molecular weight is 425 g/mol. The second-order valence-corrected chi connectivity index (χ2v) is 7.58. The minimum absolute atomic E-state index is 0.0935. The molecule has 154 valence electrons. The van der Waals surface area contributed by atoms with Gasteiger partial charge in [0.1, 0.15) is 17.3 Å². The number of anilines is 2. The zero-order chi connectivity index (χ0) is 20.9.